The number of nitrogens with one attached hydrogen (secondary N) is 3. The number of carbonyl (C=O) groups is 3. The minimum absolute atomic E-state index is 0.0404. The molecule has 176 valence electrons. The Bertz CT molecular complexity index is 1210. The number of benzene rings is 2. The van der Waals surface area contributed by atoms with Gasteiger partial charge >= 0.3 is 0 Å². The molecule has 0 spiro atoms. The Morgan fingerprint density at radius 1 is 1.09 bits per heavy atom. The number of hydrogen-bond acceptors (Lipinski definition) is 6. The molecule has 10 heteroatoms. The molecular weight excluding hydrogens is 443 g/mol. The van der Waals surface area contributed by atoms with E-state index in [4.69, 9.17) is 4.52 Å². The summed E-state index contributed by atoms with van der Waals surface area (Å²) >= 11 is 0. The zero-order valence-corrected chi connectivity index (χ0v) is 18.6. The molecule has 3 aromatic rings. The summed E-state index contributed by atoms with van der Waals surface area (Å²) in [4.78, 5) is 42.0. The Hall–Kier alpha value is -4.05. The van der Waals surface area contributed by atoms with E-state index in [1.807, 2.05) is 6.92 Å². The van der Waals surface area contributed by atoms with Gasteiger partial charge in [0.2, 0.25) is 11.7 Å². The van der Waals surface area contributed by atoms with Gasteiger partial charge in [0, 0.05) is 6.07 Å². The Morgan fingerprint density at radius 3 is 2.44 bits per heavy atom. The number of halogens is 1. The van der Waals surface area contributed by atoms with Gasteiger partial charge < -0.3 is 15.2 Å². The Morgan fingerprint density at radius 2 is 1.82 bits per heavy atom. The molecule has 0 bridgehead atoms. The van der Waals surface area contributed by atoms with Gasteiger partial charge in [-0.3, -0.25) is 19.2 Å². The molecule has 1 aliphatic rings. The highest BCUT2D eigenvalue weighted by Gasteiger charge is 2.51. The monoisotopic (exact) mass is 466 g/mol. The quantitative estimate of drug-likeness (QED) is 0.439. The molecule has 0 saturated heterocycles. The average molecular weight is 466 g/mol. The van der Waals surface area contributed by atoms with Crippen LogP contribution < -0.4 is 16.1 Å². The van der Waals surface area contributed by atoms with Gasteiger partial charge in [-0.05, 0) is 42.5 Å². The molecule has 2 aromatic carbocycles. The second-order valence-corrected chi connectivity index (χ2v) is 8.03. The number of hydroxylamine groups is 1. The topological polar surface area (TPSA) is 123 Å². The van der Waals surface area contributed by atoms with Crippen LogP contribution in [-0.4, -0.2) is 35.5 Å². The van der Waals surface area contributed by atoms with E-state index in [1.54, 1.807) is 30.3 Å². The number of carbonyl (C=O) groups excluding carboxylic acids is 3. The van der Waals surface area contributed by atoms with Crippen LogP contribution in [0.5, 0.6) is 0 Å². The molecule has 1 saturated carbocycles. The van der Waals surface area contributed by atoms with Crippen molar-refractivity contribution in [3.8, 4) is 11.1 Å². The average Bonchev–Trinajstić information content (AvgIpc) is 3.39. The zero-order chi connectivity index (χ0) is 24.3. The van der Waals surface area contributed by atoms with Gasteiger partial charge in [0.1, 0.15) is 11.4 Å². The summed E-state index contributed by atoms with van der Waals surface area (Å²) in [6.07, 6.45) is 2.41. The Kier molecular flexibility index (Phi) is 6.42. The molecule has 3 amide bonds. The van der Waals surface area contributed by atoms with E-state index in [1.165, 1.54) is 31.5 Å². The van der Waals surface area contributed by atoms with Crippen LogP contribution >= 0.6 is 0 Å². The van der Waals surface area contributed by atoms with E-state index in [9.17, 15) is 18.8 Å². The summed E-state index contributed by atoms with van der Waals surface area (Å²) in [7, 11) is 1.27. The maximum Gasteiger partial charge on any atom is 0.290 e. The van der Waals surface area contributed by atoms with Gasteiger partial charge in [0.05, 0.1) is 24.9 Å². The van der Waals surface area contributed by atoms with Crippen molar-refractivity contribution < 1.29 is 28.1 Å². The summed E-state index contributed by atoms with van der Waals surface area (Å²) in [5.74, 6) is -2.11. The lowest BCUT2D eigenvalue weighted by atomic mass is 9.96. The Labute approximate surface area is 194 Å². The van der Waals surface area contributed by atoms with E-state index in [2.05, 4.69) is 26.1 Å². The highest BCUT2D eigenvalue weighted by Crippen LogP contribution is 2.36. The lowest BCUT2D eigenvalue weighted by Gasteiger charge is -2.21. The van der Waals surface area contributed by atoms with Gasteiger partial charge in [-0.2, -0.15) is 0 Å². The SMILES string of the molecule is CONC(=O)c1c(F)cccc1-c1ccc([C@@H](C)NC(=O)C2(NC(=O)c3ccno3)CC2)cc1. The standard InChI is InChI=1S/C24H23FN4O5/c1-14(27-23(32)24(11-12-24)28-21(30)19-10-13-26-34-19)15-6-8-16(9-7-15)17-4-3-5-18(25)20(17)22(31)29-33-2/h3-10,13-14H,11-12H2,1-2H3,(H,27,32)(H,28,30)(H,29,31)/t14-/m1/s1. The van der Waals surface area contributed by atoms with Crippen LogP contribution in [0, 0.1) is 5.82 Å². The lowest BCUT2D eigenvalue weighted by Crippen LogP contribution is -2.49. The minimum atomic E-state index is -0.969. The third-order valence-electron chi connectivity index (χ3n) is 5.70. The Balaban J connectivity index is 1.46. The molecule has 1 atom stereocenters. The summed E-state index contributed by atoms with van der Waals surface area (Å²) in [5, 5.41) is 9.14. The van der Waals surface area contributed by atoms with Crippen molar-refractivity contribution in [2.75, 3.05) is 7.11 Å². The molecule has 34 heavy (non-hydrogen) atoms. The van der Waals surface area contributed by atoms with Gasteiger partial charge in [-0.25, -0.2) is 9.87 Å². The molecule has 3 N–H and O–H groups in total. The van der Waals surface area contributed by atoms with Crippen LogP contribution in [0.1, 0.15) is 52.3 Å². The predicted octanol–water partition coefficient (Wildman–Crippen LogP) is 2.91. The number of nitrogens with zero attached hydrogens (tertiary/aromatic N) is 1. The fourth-order valence-corrected chi connectivity index (χ4v) is 3.65. The minimum Gasteiger partial charge on any atom is -0.351 e. The largest absolute Gasteiger partial charge is 0.351 e. The van der Waals surface area contributed by atoms with Gasteiger partial charge in [0.15, 0.2) is 0 Å². The normalized spacial score (nSPS) is 14.7. The summed E-state index contributed by atoms with van der Waals surface area (Å²) in [5.41, 5.74) is 2.88. The van der Waals surface area contributed by atoms with E-state index in [0.717, 1.165) is 5.56 Å². The first-order valence-corrected chi connectivity index (χ1v) is 10.6. The van der Waals surface area contributed by atoms with Gasteiger partial charge in [0.25, 0.3) is 11.8 Å². The molecule has 0 aliphatic heterocycles. The number of aromatic nitrogens is 1. The van der Waals surface area contributed by atoms with Crippen LogP contribution in [0.15, 0.2) is 59.3 Å². The fourth-order valence-electron chi connectivity index (χ4n) is 3.65. The van der Waals surface area contributed by atoms with Crippen LogP contribution in [-0.2, 0) is 9.63 Å². The molecular formula is C24H23FN4O5. The summed E-state index contributed by atoms with van der Waals surface area (Å²) in [6.45, 7) is 1.82. The summed E-state index contributed by atoms with van der Waals surface area (Å²) < 4.78 is 19.2. The van der Waals surface area contributed by atoms with Crippen LogP contribution in [0.25, 0.3) is 11.1 Å². The van der Waals surface area contributed by atoms with Crippen LogP contribution in [0.3, 0.4) is 0 Å². The van der Waals surface area contributed by atoms with E-state index >= 15 is 0 Å². The zero-order valence-electron chi connectivity index (χ0n) is 18.6. The van der Waals surface area contributed by atoms with Crippen molar-refractivity contribution >= 4 is 17.7 Å². The van der Waals surface area contributed by atoms with Crippen molar-refractivity contribution in [1.29, 1.82) is 0 Å². The van der Waals surface area contributed by atoms with Crippen molar-refractivity contribution in [2.45, 2.75) is 31.3 Å². The van der Waals surface area contributed by atoms with E-state index in [-0.39, 0.29) is 23.3 Å². The van der Waals surface area contributed by atoms with Gasteiger partial charge in [-0.1, -0.05) is 41.6 Å². The second kappa shape index (κ2) is 9.44. The maximum absolute atomic E-state index is 14.4. The van der Waals surface area contributed by atoms with Crippen LogP contribution in [0.2, 0.25) is 0 Å². The first-order valence-electron chi connectivity index (χ1n) is 10.6. The smallest absolute Gasteiger partial charge is 0.290 e. The first-order chi connectivity index (χ1) is 16.3. The van der Waals surface area contributed by atoms with Crippen molar-refractivity contribution in [1.82, 2.24) is 21.3 Å². The third-order valence-corrected chi connectivity index (χ3v) is 5.70. The number of amides is 3. The van der Waals surface area contributed by atoms with Crippen molar-refractivity contribution in [3.63, 3.8) is 0 Å². The highest BCUT2D eigenvalue weighted by atomic mass is 19.1. The number of rotatable bonds is 8. The fraction of sp³-hybridized carbons (Fsp3) is 0.250. The molecule has 1 heterocycles. The van der Waals surface area contributed by atoms with E-state index < -0.39 is 23.2 Å². The molecule has 4 rings (SSSR count). The molecule has 1 aliphatic carbocycles. The lowest BCUT2D eigenvalue weighted by molar-refractivity contribution is -0.124. The van der Waals surface area contributed by atoms with Crippen molar-refractivity contribution in [3.05, 3.63) is 77.4 Å². The second-order valence-electron chi connectivity index (χ2n) is 8.03. The molecule has 0 radical (unpaired) electrons. The molecule has 1 fully saturated rings. The highest BCUT2D eigenvalue weighted by molar-refractivity contribution is 6.01. The molecule has 0 unspecified atom stereocenters. The molecule has 9 nitrogen and oxygen atoms in total. The first kappa shape index (κ1) is 23.1. The third kappa shape index (κ3) is 4.67. The number of hydrogen-bond donors (Lipinski definition) is 3. The maximum atomic E-state index is 14.4. The molecule has 1 aromatic heterocycles. The predicted molar refractivity (Wildman–Crippen MR) is 119 cm³/mol. The van der Waals surface area contributed by atoms with E-state index in [0.29, 0.717) is 24.0 Å². The summed E-state index contributed by atoms with van der Waals surface area (Å²) in [6, 6.07) is 12.5. The van der Waals surface area contributed by atoms with Crippen LogP contribution in [0.4, 0.5) is 4.39 Å². The van der Waals surface area contributed by atoms with Crippen molar-refractivity contribution in [2.24, 2.45) is 0 Å². The van der Waals surface area contributed by atoms with Gasteiger partial charge in [-0.15, -0.1) is 0 Å².